The van der Waals surface area contributed by atoms with Gasteiger partial charge < -0.3 is 9.64 Å². The van der Waals surface area contributed by atoms with Crippen LogP contribution in [0, 0.1) is 5.92 Å². The van der Waals surface area contributed by atoms with Gasteiger partial charge in [-0.1, -0.05) is 0 Å². The molecule has 2 heterocycles. The monoisotopic (exact) mass is 309 g/mol. The zero-order chi connectivity index (χ0) is 15.2. The third kappa shape index (κ3) is 2.42. The number of methoxy groups -OCH3 is 1. The van der Waals surface area contributed by atoms with E-state index in [1.807, 2.05) is 0 Å². The second-order valence-corrected chi connectivity index (χ2v) is 7.56. The Hall–Kier alpha value is -1.89. The fourth-order valence-electron chi connectivity index (χ4n) is 3.10. The highest BCUT2D eigenvalue weighted by atomic mass is 32.2. The lowest BCUT2D eigenvalue weighted by Crippen LogP contribution is -2.36. The van der Waals surface area contributed by atoms with Gasteiger partial charge >= 0.3 is 5.97 Å². The number of sulfone groups is 1. The number of nitrogens with zero attached hydrogens (tertiary/aromatic N) is 1. The molecule has 2 atom stereocenters. The van der Waals surface area contributed by atoms with Crippen molar-refractivity contribution < 1.29 is 22.7 Å². The molecular weight excluding hydrogens is 294 g/mol. The number of carbonyl (C=O) groups is 2. The fraction of sp³-hybridized carbons (Fsp3) is 0.429. The molecule has 1 amide bonds. The largest absolute Gasteiger partial charge is 0.465 e. The zero-order valence-electron chi connectivity index (χ0n) is 11.5. The van der Waals surface area contributed by atoms with Gasteiger partial charge in [-0.15, -0.1) is 0 Å². The topological polar surface area (TPSA) is 80.8 Å². The molecule has 2 aliphatic rings. The van der Waals surface area contributed by atoms with Crippen LogP contribution in [0.4, 0.5) is 5.69 Å². The van der Waals surface area contributed by atoms with Gasteiger partial charge in [0.05, 0.1) is 30.2 Å². The summed E-state index contributed by atoms with van der Waals surface area (Å²) in [5.74, 6) is -0.536. The second-order valence-electron chi connectivity index (χ2n) is 5.41. The normalized spacial score (nSPS) is 26.7. The molecule has 3 rings (SSSR count). The Kier molecular flexibility index (Phi) is 3.24. The van der Waals surface area contributed by atoms with Gasteiger partial charge in [0.1, 0.15) is 0 Å². The molecular formula is C14H15NO5S. The molecule has 0 saturated carbocycles. The van der Waals surface area contributed by atoms with Gasteiger partial charge in [-0.05, 0) is 24.3 Å². The van der Waals surface area contributed by atoms with Gasteiger partial charge in [-0.2, -0.15) is 0 Å². The van der Waals surface area contributed by atoms with Crippen molar-refractivity contribution in [1.29, 1.82) is 0 Å². The van der Waals surface area contributed by atoms with Crippen molar-refractivity contribution in [3.8, 4) is 0 Å². The summed E-state index contributed by atoms with van der Waals surface area (Å²) >= 11 is 0. The number of carbonyl (C=O) groups excluding carboxylic acids is 2. The predicted octanol–water partition coefficient (Wildman–Crippen LogP) is 0.623. The summed E-state index contributed by atoms with van der Waals surface area (Å²) in [5.41, 5.74) is 1.01. The maximum absolute atomic E-state index is 12.1. The van der Waals surface area contributed by atoms with Crippen LogP contribution in [0.25, 0.3) is 0 Å². The molecule has 1 aromatic carbocycles. The van der Waals surface area contributed by atoms with E-state index >= 15 is 0 Å². The minimum atomic E-state index is -3.06. The number of amides is 1. The van der Waals surface area contributed by atoms with Gasteiger partial charge in [0.15, 0.2) is 9.84 Å². The van der Waals surface area contributed by atoms with E-state index in [9.17, 15) is 18.0 Å². The lowest BCUT2D eigenvalue weighted by Gasteiger charge is -2.23. The summed E-state index contributed by atoms with van der Waals surface area (Å²) in [6.07, 6.45) is 0.267. The molecule has 0 radical (unpaired) electrons. The van der Waals surface area contributed by atoms with Crippen molar-refractivity contribution in [2.24, 2.45) is 5.92 Å². The summed E-state index contributed by atoms with van der Waals surface area (Å²) in [6.45, 7) is 0. The second kappa shape index (κ2) is 4.84. The number of fused-ring (bicyclic) bond motifs is 1. The summed E-state index contributed by atoms with van der Waals surface area (Å²) in [7, 11) is -1.76. The first-order chi connectivity index (χ1) is 9.91. The van der Waals surface area contributed by atoms with Gasteiger partial charge in [-0.25, -0.2) is 13.2 Å². The first kappa shape index (κ1) is 14.1. The van der Waals surface area contributed by atoms with E-state index in [0.717, 1.165) is 0 Å². The van der Waals surface area contributed by atoms with E-state index in [0.29, 0.717) is 11.3 Å². The van der Waals surface area contributed by atoms with E-state index in [-0.39, 0.29) is 35.8 Å². The third-order valence-electron chi connectivity index (χ3n) is 4.04. The molecule has 0 spiro atoms. The van der Waals surface area contributed by atoms with Crippen molar-refractivity contribution in [2.45, 2.75) is 12.5 Å². The van der Waals surface area contributed by atoms with Gasteiger partial charge in [-0.3, -0.25) is 4.79 Å². The third-order valence-corrected chi connectivity index (χ3v) is 5.83. The molecule has 2 fully saturated rings. The van der Waals surface area contributed by atoms with Crippen LogP contribution in [-0.4, -0.2) is 45.0 Å². The van der Waals surface area contributed by atoms with Gasteiger partial charge in [0, 0.05) is 18.0 Å². The molecule has 6 nitrogen and oxygen atoms in total. The Morgan fingerprint density at radius 2 is 1.90 bits per heavy atom. The highest BCUT2D eigenvalue weighted by Crippen LogP contribution is 2.37. The first-order valence-corrected chi connectivity index (χ1v) is 8.44. The lowest BCUT2D eigenvalue weighted by molar-refractivity contribution is -0.117. The molecule has 0 N–H and O–H groups in total. The molecule has 2 aliphatic heterocycles. The van der Waals surface area contributed by atoms with E-state index in [4.69, 9.17) is 0 Å². The van der Waals surface area contributed by atoms with Crippen LogP contribution in [0.15, 0.2) is 24.3 Å². The number of hydrogen-bond donors (Lipinski definition) is 0. The highest BCUT2D eigenvalue weighted by molar-refractivity contribution is 7.91. The summed E-state index contributed by atoms with van der Waals surface area (Å²) in [6, 6.07) is 6.16. The minimum Gasteiger partial charge on any atom is -0.465 e. The van der Waals surface area contributed by atoms with E-state index in [1.165, 1.54) is 7.11 Å². The number of esters is 1. The maximum atomic E-state index is 12.1. The number of ether oxygens (including phenoxy) is 1. The molecule has 1 aromatic rings. The van der Waals surface area contributed by atoms with Crippen LogP contribution in [0.3, 0.4) is 0 Å². The van der Waals surface area contributed by atoms with Gasteiger partial charge in [0.2, 0.25) is 5.91 Å². The first-order valence-electron chi connectivity index (χ1n) is 6.62. The van der Waals surface area contributed by atoms with Gasteiger partial charge in [0.25, 0.3) is 0 Å². The molecule has 2 saturated heterocycles. The van der Waals surface area contributed by atoms with Crippen LogP contribution < -0.4 is 4.90 Å². The van der Waals surface area contributed by atoms with Crippen LogP contribution in [0.2, 0.25) is 0 Å². The van der Waals surface area contributed by atoms with Crippen molar-refractivity contribution >= 4 is 27.4 Å². The quantitative estimate of drug-likeness (QED) is 0.748. The van der Waals surface area contributed by atoms with Crippen molar-refractivity contribution in [1.82, 2.24) is 0 Å². The van der Waals surface area contributed by atoms with E-state index in [2.05, 4.69) is 4.74 Å². The Morgan fingerprint density at radius 3 is 2.52 bits per heavy atom. The SMILES string of the molecule is COC(=O)c1ccc(N2C(=O)CC3CS(=O)(=O)CC32)cc1. The van der Waals surface area contributed by atoms with Crippen molar-refractivity contribution in [3.05, 3.63) is 29.8 Å². The minimum absolute atomic E-state index is 0.0160. The lowest BCUT2D eigenvalue weighted by atomic mass is 10.0. The Bertz CT molecular complexity index is 695. The number of anilines is 1. The number of rotatable bonds is 2. The van der Waals surface area contributed by atoms with E-state index < -0.39 is 15.8 Å². The molecule has 7 heteroatoms. The molecule has 0 bridgehead atoms. The zero-order valence-corrected chi connectivity index (χ0v) is 12.3. The average Bonchev–Trinajstić information content (AvgIpc) is 2.88. The van der Waals surface area contributed by atoms with Crippen molar-refractivity contribution in [3.63, 3.8) is 0 Å². The molecule has 21 heavy (non-hydrogen) atoms. The highest BCUT2D eigenvalue weighted by Gasteiger charge is 2.49. The number of benzene rings is 1. The van der Waals surface area contributed by atoms with Crippen LogP contribution in [-0.2, 0) is 19.4 Å². The molecule has 112 valence electrons. The van der Waals surface area contributed by atoms with Crippen molar-refractivity contribution in [2.75, 3.05) is 23.5 Å². The smallest absolute Gasteiger partial charge is 0.337 e. The van der Waals surface area contributed by atoms with Crippen LogP contribution in [0.1, 0.15) is 16.8 Å². The Labute approximate surface area is 122 Å². The average molecular weight is 309 g/mol. The number of hydrogen-bond acceptors (Lipinski definition) is 5. The summed E-state index contributed by atoms with van der Waals surface area (Å²) in [4.78, 5) is 25.1. The molecule has 0 aliphatic carbocycles. The van der Waals surface area contributed by atoms with Crippen LogP contribution in [0.5, 0.6) is 0 Å². The molecule has 0 aromatic heterocycles. The standard InChI is InChI=1S/C14H15NO5S/c1-20-14(17)9-2-4-11(5-3-9)15-12-8-21(18,19)7-10(12)6-13(15)16/h2-5,10,12H,6-8H2,1H3. The summed E-state index contributed by atoms with van der Waals surface area (Å²) < 4.78 is 28.0. The fourth-order valence-corrected chi connectivity index (χ4v) is 5.17. The maximum Gasteiger partial charge on any atom is 0.337 e. The Balaban J connectivity index is 1.89. The van der Waals surface area contributed by atoms with Crippen LogP contribution >= 0.6 is 0 Å². The molecule has 2 unspecified atom stereocenters. The summed E-state index contributed by atoms with van der Waals surface area (Å²) in [5, 5.41) is 0. The Morgan fingerprint density at radius 1 is 1.24 bits per heavy atom. The predicted molar refractivity (Wildman–Crippen MR) is 75.8 cm³/mol. The van der Waals surface area contributed by atoms with E-state index in [1.54, 1.807) is 29.2 Å².